The van der Waals surface area contributed by atoms with Gasteiger partial charge in [0.1, 0.15) is 51.6 Å². The number of nitrogens with two attached hydrogens (primary N) is 1. The van der Waals surface area contributed by atoms with Crippen molar-refractivity contribution in [3.05, 3.63) is 75.9 Å². The van der Waals surface area contributed by atoms with Crippen LogP contribution in [-0.4, -0.2) is 24.5 Å². The summed E-state index contributed by atoms with van der Waals surface area (Å²) in [6.07, 6.45) is 2.91. The molecule has 0 fully saturated rings. The van der Waals surface area contributed by atoms with Gasteiger partial charge >= 0.3 is 0 Å². The fourth-order valence-electron chi connectivity index (χ4n) is 3.34. The molecule has 0 spiro atoms. The fraction of sp³-hybridized carbons (Fsp3) is 0.143. The number of nitrogens with zero attached hydrogens (tertiary/aromatic N) is 6. The van der Waals surface area contributed by atoms with Gasteiger partial charge in [-0.3, -0.25) is 14.3 Å². The molecular formula is C21H16F2N8O. The average Bonchev–Trinajstić information content (AvgIpc) is 2.76. The van der Waals surface area contributed by atoms with Gasteiger partial charge in [-0.15, -0.1) is 0 Å². The van der Waals surface area contributed by atoms with Crippen molar-refractivity contribution in [3.8, 4) is 11.8 Å². The minimum atomic E-state index is -0.894. The van der Waals surface area contributed by atoms with E-state index in [2.05, 4.69) is 25.3 Å². The molecule has 0 bridgehead atoms. The van der Waals surface area contributed by atoms with Crippen molar-refractivity contribution in [2.45, 2.75) is 19.9 Å². The SMILES string of the molecule is Cc1nc(N)c(C#N)c(N[C@@H](C)c2nc3c(F)ccc(F)c3c(=O)n2-c2cccnc2)n1. The first kappa shape index (κ1) is 20.8. The highest BCUT2D eigenvalue weighted by Gasteiger charge is 2.23. The molecule has 4 aromatic rings. The Morgan fingerprint density at radius 1 is 1.19 bits per heavy atom. The molecule has 0 radical (unpaired) electrons. The molecule has 0 saturated heterocycles. The summed E-state index contributed by atoms with van der Waals surface area (Å²) in [5.41, 5.74) is 4.92. The largest absolute Gasteiger partial charge is 0.382 e. The standard InChI is InChI=1S/C21H16F2N8O/c1-10(27-19-13(8-24)18(25)28-11(2)29-19)20-30-17-15(23)6-5-14(22)16(17)21(32)31(20)12-4-3-7-26-9-12/h3-7,9-10H,1-2H3,(H3,25,27,28,29)/t10-/m0/s1. The van der Waals surface area contributed by atoms with Crippen LogP contribution in [0, 0.1) is 29.9 Å². The minimum Gasteiger partial charge on any atom is -0.382 e. The third kappa shape index (κ3) is 3.47. The Morgan fingerprint density at radius 3 is 2.62 bits per heavy atom. The van der Waals surface area contributed by atoms with Crippen LogP contribution in [0.1, 0.15) is 30.2 Å². The number of nitrogen functional groups attached to an aromatic ring is 1. The molecule has 0 aliphatic carbocycles. The lowest BCUT2D eigenvalue weighted by molar-refractivity contribution is 0.608. The van der Waals surface area contributed by atoms with Crippen LogP contribution in [0.4, 0.5) is 20.4 Å². The first-order chi connectivity index (χ1) is 15.3. The number of aromatic nitrogens is 5. The summed E-state index contributed by atoms with van der Waals surface area (Å²) in [7, 11) is 0. The van der Waals surface area contributed by atoms with Crippen molar-refractivity contribution in [1.29, 1.82) is 5.26 Å². The van der Waals surface area contributed by atoms with Crippen LogP contribution in [0.5, 0.6) is 0 Å². The normalized spacial score (nSPS) is 11.8. The zero-order chi connectivity index (χ0) is 23.0. The molecular weight excluding hydrogens is 418 g/mol. The van der Waals surface area contributed by atoms with Crippen LogP contribution in [0.2, 0.25) is 0 Å². The summed E-state index contributed by atoms with van der Waals surface area (Å²) in [6, 6.07) is 6.11. The maximum absolute atomic E-state index is 14.5. The highest BCUT2D eigenvalue weighted by Crippen LogP contribution is 2.25. The number of hydrogen-bond acceptors (Lipinski definition) is 8. The molecule has 0 unspecified atom stereocenters. The maximum Gasteiger partial charge on any atom is 0.269 e. The number of anilines is 2. The molecule has 3 N–H and O–H groups in total. The van der Waals surface area contributed by atoms with Gasteiger partial charge in [-0.25, -0.2) is 23.7 Å². The number of benzene rings is 1. The predicted octanol–water partition coefficient (Wildman–Crippen LogP) is 2.78. The number of aryl methyl sites for hydroxylation is 1. The number of nitriles is 1. The Kier molecular flexibility index (Phi) is 5.19. The zero-order valence-electron chi connectivity index (χ0n) is 17.0. The van der Waals surface area contributed by atoms with Crippen LogP contribution in [0.25, 0.3) is 16.6 Å². The van der Waals surface area contributed by atoms with E-state index in [1.807, 2.05) is 6.07 Å². The Labute approximate surface area is 180 Å². The van der Waals surface area contributed by atoms with Crippen LogP contribution in [0.3, 0.4) is 0 Å². The second kappa shape index (κ2) is 7.99. The zero-order valence-corrected chi connectivity index (χ0v) is 17.0. The van der Waals surface area contributed by atoms with Gasteiger partial charge in [-0.2, -0.15) is 5.26 Å². The smallest absolute Gasteiger partial charge is 0.269 e. The fourth-order valence-corrected chi connectivity index (χ4v) is 3.34. The molecule has 0 saturated carbocycles. The van der Waals surface area contributed by atoms with Gasteiger partial charge < -0.3 is 11.1 Å². The first-order valence-electron chi connectivity index (χ1n) is 9.43. The highest BCUT2D eigenvalue weighted by molar-refractivity contribution is 5.79. The number of hydrogen-bond donors (Lipinski definition) is 2. The van der Waals surface area contributed by atoms with Crippen LogP contribution in [0.15, 0.2) is 41.5 Å². The molecule has 32 heavy (non-hydrogen) atoms. The van der Waals surface area contributed by atoms with Crippen molar-refractivity contribution in [2.24, 2.45) is 0 Å². The number of fused-ring (bicyclic) bond motifs is 1. The second-order valence-electron chi connectivity index (χ2n) is 6.93. The van der Waals surface area contributed by atoms with Crippen molar-refractivity contribution < 1.29 is 8.78 Å². The van der Waals surface area contributed by atoms with Gasteiger partial charge in [0.2, 0.25) is 0 Å². The van der Waals surface area contributed by atoms with E-state index in [0.717, 1.165) is 16.7 Å². The average molecular weight is 434 g/mol. The van der Waals surface area contributed by atoms with Crippen molar-refractivity contribution in [2.75, 3.05) is 11.1 Å². The Bertz CT molecular complexity index is 1450. The maximum atomic E-state index is 14.5. The van der Waals surface area contributed by atoms with Crippen molar-refractivity contribution >= 4 is 22.5 Å². The summed E-state index contributed by atoms with van der Waals surface area (Å²) in [4.78, 5) is 29.7. The molecule has 4 rings (SSSR count). The quantitative estimate of drug-likeness (QED) is 0.501. The molecule has 160 valence electrons. The van der Waals surface area contributed by atoms with Gasteiger partial charge in [0, 0.05) is 6.20 Å². The molecule has 9 nitrogen and oxygen atoms in total. The van der Waals surface area contributed by atoms with Crippen LogP contribution in [-0.2, 0) is 0 Å². The lowest BCUT2D eigenvalue weighted by Crippen LogP contribution is -2.28. The summed E-state index contributed by atoms with van der Waals surface area (Å²) >= 11 is 0. The minimum absolute atomic E-state index is 0.00994. The molecule has 11 heteroatoms. The number of halogens is 2. The van der Waals surface area contributed by atoms with E-state index in [4.69, 9.17) is 5.73 Å². The third-order valence-electron chi connectivity index (χ3n) is 4.76. The number of nitrogens with one attached hydrogen (secondary N) is 1. The predicted molar refractivity (Wildman–Crippen MR) is 113 cm³/mol. The number of rotatable bonds is 4. The molecule has 3 aromatic heterocycles. The van der Waals surface area contributed by atoms with Crippen LogP contribution < -0.4 is 16.6 Å². The monoisotopic (exact) mass is 434 g/mol. The number of pyridine rings is 1. The van der Waals surface area contributed by atoms with E-state index < -0.39 is 34.1 Å². The van der Waals surface area contributed by atoms with Gasteiger partial charge in [0.05, 0.1) is 17.9 Å². The lowest BCUT2D eigenvalue weighted by atomic mass is 10.2. The molecule has 0 amide bonds. The van der Waals surface area contributed by atoms with Gasteiger partial charge in [0.25, 0.3) is 5.56 Å². The van der Waals surface area contributed by atoms with Gasteiger partial charge in [-0.05, 0) is 38.1 Å². The lowest BCUT2D eigenvalue weighted by Gasteiger charge is -2.21. The molecule has 0 aliphatic heterocycles. The van der Waals surface area contributed by atoms with Crippen molar-refractivity contribution in [3.63, 3.8) is 0 Å². The molecule has 1 atom stereocenters. The van der Waals surface area contributed by atoms with E-state index in [1.165, 1.54) is 12.4 Å². The van der Waals surface area contributed by atoms with Gasteiger partial charge in [-0.1, -0.05) is 0 Å². The van der Waals surface area contributed by atoms with Crippen LogP contribution >= 0.6 is 0 Å². The molecule has 1 aromatic carbocycles. The Hall–Kier alpha value is -4.46. The highest BCUT2D eigenvalue weighted by atomic mass is 19.1. The van der Waals surface area contributed by atoms with Crippen molar-refractivity contribution in [1.82, 2.24) is 24.5 Å². The second-order valence-corrected chi connectivity index (χ2v) is 6.93. The first-order valence-corrected chi connectivity index (χ1v) is 9.43. The van der Waals surface area contributed by atoms with E-state index in [1.54, 1.807) is 26.0 Å². The summed E-state index contributed by atoms with van der Waals surface area (Å²) in [5, 5.41) is 11.9. The van der Waals surface area contributed by atoms with E-state index in [-0.39, 0.29) is 23.0 Å². The Morgan fingerprint density at radius 2 is 1.94 bits per heavy atom. The summed E-state index contributed by atoms with van der Waals surface area (Å²) in [6.45, 7) is 3.23. The topological polar surface area (TPSA) is 135 Å². The Balaban J connectivity index is 1.97. The van der Waals surface area contributed by atoms with E-state index in [0.29, 0.717) is 11.5 Å². The third-order valence-corrected chi connectivity index (χ3v) is 4.76. The summed E-state index contributed by atoms with van der Waals surface area (Å²) in [5.74, 6) is -1.25. The molecule has 3 heterocycles. The molecule has 0 aliphatic rings. The summed E-state index contributed by atoms with van der Waals surface area (Å²) < 4.78 is 30.1. The van der Waals surface area contributed by atoms with Gasteiger partial charge in [0.15, 0.2) is 5.82 Å². The van der Waals surface area contributed by atoms with E-state index in [9.17, 15) is 18.8 Å². The van der Waals surface area contributed by atoms with E-state index >= 15 is 0 Å².